The van der Waals surface area contributed by atoms with E-state index in [0.29, 0.717) is 17.5 Å². The lowest BCUT2D eigenvalue weighted by atomic mass is 10.3. The molecule has 0 aliphatic carbocycles. The second kappa shape index (κ2) is 9.80. The lowest BCUT2D eigenvalue weighted by molar-refractivity contribution is -0.134. The molecular weight excluding hydrogens is 416 g/mol. The van der Waals surface area contributed by atoms with Gasteiger partial charge >= 0.3 is 0 Å². The van der Waals surface area contributed by atoms with Gasteiger partial charge in [-0.05, 0) is 12.1 Å². The number of carbonyl (C=O) groups excluding carboxylic acids is 2. The summed E-state index contributed by atoms with van der Waals surface area (Å²) in [5, 5.41) is 0. The lowest BCUT2D eigenvalue weighted by Crippen LogP contribution is -2.53. The number of hydrogen-bond donors (Lipinski definition) is 1. The van der Waals surface area contributed by atoms with E-state index >= 15 is 0 Å². The molecule has 152 valence electrons. The zero-order valence-electron chi connectivity index (χ0n) is 15.0. The van der Waals surface area contributed by atoms with Crippen LogP contribution in [0.3, 0.4) is 0 Å². The number of thiophene rings is 1. The number of carbonyl (C=O) groups is 2. The fourth-order valence-corrected chi connectivity index (χ4v) is 5.75. The van der Waals surface area contributed by atoms with E-state index in [1.54, 1.807) is 15.9 Å². The Labute approximate surface area is 167 Å². The normalized spacial score (nSPS) is 16.0. The summed E-state index contributed by atoms with van der Waals surface area (Å²) in [4.78, 5) is 26.9. The van der Waals surface area contributed by atoms with Crippen LogP contribution < -0.4 is 5.73 Å². The van der Waals surface area contributed by atoms with Crippen molar-refractivity contribution in [2.24, 2.45) is 5.73 Å². The number of ether oxygens (including phenoxy) is 1. The molecule has 2 rings (SSSR count). The molecule has 1 aromatic heterocycles. The summed E-state index contributed by atoms with van der Waals surface area (Å²) in [6, 6.07) is 3.03. The molecule has 0 spiro atoms. The zero-order chi connectivity index (χ0) is 20.0. The van der Waals surface area contributed by atoms with E-state index in [1.807, 2.05) is 0 Å². The summed E-state index contributed by atoms with van der Waals surface area (Å²) >= 11 is 6.84. The highest BCUT2D eigenvalue weighted by Gasteiger charge is 2.31. The van der Waals surface area contributed by atoms with Gasteiger partial charge in [-0.3, -0.25) is 14.5 Å². The number of primary amides is 1. The molecule has 2 heterocycles. The molecule has 2 N–H and O–H groups in total. The van der Waals surface area contributed by atoms with E-state index in [2.05, 4.69) is 0 Å². The van der Waals surface area contributed by atoms with E-state index in [0.717, 1.165) is 11.3 Å². The number of nitrogens with two attached hydrogens (primary N) is 1. The first-order valence-corrected chi connectivity index (χ1v) is 10.9. The fraction of sp³-hybridized carbons (Fsp3) is 0.600. The van der Waals surface area contributed by atoms with Gasteiger partial charge in [0.05, 0.1) is 24.0 Å². The molecule has 2 amide bonds. The molecule has 0 radical (unpaired) electrons. The van der Waals surface area contributed by atoms with E-state index < -0.39 is 15.9 Å². The molecule has 0 atom stereocenters. The minimum atomic E-state index is -3.60. The Morgan fingerprint density at radius 2 is 1.93 bits per heavy atom. The van der Waals surface area contributed by atoms with Gasteiger partial charge in [0.15, 0.2) is 0 Å². The minimum Gasteiger partial charge on any atom is -0.383 e. The Morgan fingerprint density at radius 1 is 1.26 bits per heavy atom. The van der Waals surface area contributed by atoms with Crippen LogP contribution in [0, 0.1) is 0 Å². The number of amides is 2. The minimum absolute atomic E-state index is 0.0274. The van der Waals surface area contributed by atoms with Crippen LogP contribution in [0.1, 0.15) is 0 Å². The monoisotopic (exact) mass is 438 g/mol. The third kappa shape index (κ3) is 6.13. The Bertz CT molecular complexity index is 762. The number of halogens is 1. The van der Waals surface area contributed by atoms with Crippen molar-refractivity contribution in [3.05, 3.63) is 16.5 Å². The maximum absolute atomic E-state index is 12.6. The molecule has 1 fully saturated rings. The number of sulfonamides is 1. The van der Waals surface area contributed by atoms with Crippen molar-refractivity contribution < 1.29 is 22.7 Å². The van der Waals surface area contributed by atoms with Crippen LogP contribution in [0.15, 0.2) is 16.3 Å². The SMILES string of the molecule is COCCN(CC(N)=O)CC(=O)N1CCN(S(=O)(=O)c2ccc(Cl)s2)CC1. The highest BCUT2D eigenvalue weighted by atomic mass is 35.5. The molecule has 0 bridgehead atoms. The standard InChI is InChI=1S/C15H23ClN4O5S2/c1-25-9-8-18(10-13(17)21)11-14(22)19-4-6-20(7-5-19)27(23,24)15-3-2-12(16)26-15/h2-3H,4-11H2,1H3,(H2,17,21). The van der Waals surface area contributed by atoms with Gasteiger partial charge in [0.2, 0.25) is 11.8 Å². The van der Waals surface area contributed by atoms with E-state index in [9.17, 15) is 18.0 Å². The first-order chi connectivity index (χ1) is 12.7. The maximum atomic E-state index is 12.6. The molecular formula is C15H23ClN4O5S2. The van der Waals surface area contributed by atoms with Gasteiger partial charge in [-0.2, -0.15) is 4.31 Å². The average molecular weight is 439 g/mol. The highest BCUT2D eigenvalue weighted by Crippen LogP contribution is 2.28. The number of hydrogen-bond acceptors (Lipinski definition) is 7. The van der Waals surface area contributed by atoms with Crippen molar-refractivity contribution in [2.75, 3.05) is 59.5 Å². The second-order valence-corrected chi connectivity index (χ2v) is 9.89. The quantitative estimate of drug-likeness (QED) is 0.564. The van der Waals surface area contributed by atoms with Crippen LogP contribution in [-0.4, -0.2) is 93.9 Å². The molecule has 1 saturated heterocycles. The van der Waals surface area contributed by atoms with Gasteiger partial charge in [0.1, 0.15) is 4.21 Å². The fourth-order valence-electron chi connectivity index (χ4n) is 2.69. The summed E-state index contributed by atoms with van der Waals surface area (Å²) in [5.41, 5.74) is 5.21. The second-order valence-electron chi connectivity index (χ2n) is 6.01. The number of nitrogens with zero attached hydrogens (tertiary/aromatic N) is 3. The molecule has 9 nitrogen and oxygen atoms in total. The van der Waals surface area contributed by atoms with Crippen LogP contribution in [0.4, 0.5) is 0 Å². The van der Waals surface area contributed by atoms with Crippen molar-refractivity contribution in [3.8, 4) is 0 Å². The summed E-state index contributed by atoms with van der Waals surface area (Å²) < 4.78 is 32.1. The molecule has 1 aliphatic rings. The lowest BCUT2D eigenvalue weighted by Gasteiger charge is -2.34. The Kier molecular flexibility index (Phi) is 8.01. The van der Waals surface area contributed by atoms with E-state index in [1.165, 1.54) is 17.5 Å². The van der Waals surface area contributed by atoms with Gasteiger partial charge < -0.3 is 15.4 Å². The smallest absolute Gasteiger partial charge is 0.252 e. The predicted molar refractivity (Wildman–Crippen MR) is 102 cm³/mol. The number of rotatable bonds is 9. The third-order valence-electron chi connectivity index (χ3n) is 4.08. The largest absolute Gasteiger partial charge is 0.383 e. The maximum Gasteiger partial charge on any atom is 0.252 e. The Morgan fingerprint density at radius 3 is 2.44 bits per heavy atom. The third-order valence-corrected chi connectivity index (χ3v) is 7.68. The van der Waals surface area contributed by atoms with Crippen molar-refractivity contribution in [1.29, 1.82) is 0 Å². The van der Waals surface area contributed by atoms with Gasteiger partial charge in [0.25, 0.3) is 10.0 Å². The highest BCUT2D eigenvalue weighted by molar-refractivity contribution is 7.91. The van der Waals surface area contributed by atoms with Crippen molar-refractivity contribution in [3.63, 3.8) is 0 Å². The van der Waals surface area contributed by atoms with Crippen LogP contribution >= 0.6 is 22.9 Å². The van der Waals surface area contributed by atoms with Gasteiger partial charge in [-0.1, -0.05) is 11.6 Å². The Hall–Kier alpha value is -1.24. The summed E-state index contributed by atoms with van der Waals surface area (Å²) in [6.45, 7) is 1.74. The predicted octanol–water partition coefficient (Wildman–Crippen LogP) is -0.332. The first kappa shape index (κ1) is 22.1. The summed E-state index contributed by atoms with van der Waals surface area (Å²) in [6.07, 6.45) is 0. The molecule has 27 heavy (non-hydrogen) atoms. The number of methoxy groups -OCH3 is 1. The average Bonchev–Trinajstić information content (AvgIpc) is 3.06. The van der Waals surface area contributed by atoms with Gasteiger partial charge in [-0.25, -0.2) is 8.42 Å². The topological polar surface area (TPSA) is 113 Å². The molecule has 1 aliphatic heterocycles. The van der Waals surface area contributed by atoms with Crippen LogP contribution in [0.2, 0.25) is 4.34 Å². The number of piperazine rings is 1. The summed E-state index contributed by atoms with van der Waals surface area (Å²) in [5.74, 6) is -0.701. The molecule has 1 aromatic rings. The molecule has 0 aromatic carbocycles. The van der Waals surface area contributed by atoms with Gasteiger partial charge in [0, 0.05) is 39.8 Å². The zero-order valence-corrected chi connectivity index (χ0v) is 17.4. The van der Waals surface area contributed by atoms with E-state index in [-0.39, 0.29) is 49.4 Å². The van der Waals surface area contributed by atoms with Crippen LogP contribution in [0.5, 0.6) is 0 Å². The molecule has 12 heteroatoms. The summed E-state index contributed by atoms with van der Waals surface area (Å²) in [7, 11) is -2.07. The van der Waals surface area contributed by atoms with Gasteiger partial charge in [-0.15, -0.1) is 11.3 Å². The Balaban J connectivity index is 1.92. The molecule has 0 unspecified atom stereocenters. The van der Waals surface area contributed by atoms with Crippen molar-refractivity contribution in [1.82, 2.24) is 14.1 Å². The first-order valence-electron chi connectivity index (χ1n) is 8.27. The van der Waals surface area contributed by atoms with Crippen LogP contribution in [0.25, 0.3) is 0 Å². The molecule has 0 saturated carbocycles. The van der Waals surface area contributed by atoms with Crippen LogP contribution in [-0.2, 0) is 24.3 Å². The van der Waals surface area contributed by atoms with E-state index in [4.69, 9.17) is 22.1 Å². The van der Waals surface area contributed by atoms with Crippen molar-refractivity contribution in [2.45, 2.75) is 4.21 Å². The van der Waals surface area contributed by atoms with Crippen molar-refractivity contribution >= 4 is 44.8 Å².